The Balaban J connectivity index is 1.66. The maximum Gasteiger partial charge on any atom is 0.356 e. The zero-order chi connectivity index (χ0) is 16.2. The van der Waals surface area contributed by atoms with Crippen molar-refractivity contribution in [1.82, 2.24) is 25.3 Å². The summed E-state index contributed by atoms with van der Waals surface area (Å²) in [4.78, 5) is 14.0. The molecule has 23 heavy (non-hydrogen) atoms. The Bertz CT molecular complexity index is 676. The van der Waals surface area contributed by atoms with Crippen LogP contribution in [0.3, 0.4) is 0 Å². The summed E-state index contributed by atoms with van der Waals surface area (Å²) in [5, 5.41) is 14.3. The smallest absolute Gasteiger partial charge is 0.356 e. The van der Waals surface area contributed by atoms with Gasteiger partial charge in [0.1, 0.15) is 5.69 Å². The predicted molar refractivity (Wildman–Crippen MR) is 84.9 cm³/mol. The third kappa shape index (κ3) is 3.44. The number of fused-ring (bicyclic) bond motifs is 1. The number of rotatable bonds is 6. The van der Waals surface area contributed by atoms with Crippen LogP contribution in [0.2, 0.25) is 0 Å². The van der Waals surface area contributed by atoms with Crippen LogP contribution in [0, 0.1) is 0 Å². The summed E-state index contributed by atoms with van der Waals surface area (Å²) >= 11 is 0. The Kier molecular flexibility index (Phi) is 4.76. The highest BCUT2D eigenvalue weighted by atomic mass is 16.5. The Morgan fingerprint density at radius 2 is 2.13 bits per heavy atom. The highest BCUT2D eigenvalue weighted by molar-refractivity contribution is 5.88. The van der Waals surface area contributed by atoms with Crippen LogP contribution in [0.25, 0.3) is 0 Å². The monoisotopic (exact) mass is 317 g/mol. The first kappa shape index (κ1) is 15.7. The number of H-pyrrole nitrogens is 2. The molecule has 0 fully saturated rings. The van der Waals surface area contributed by atoms with E-state index in [1.807, 2.05) is 7.05 Å². The summed E-state index contributed by atoms with van der Waals surface area (Å²) in [6.07, 6.45) is 6.36. The molecular weight excluding hydrogens is 294 g/mol. The van der Waals surface area contributed by atoms with Crippen LogP contribution in [-0.2, 0) is 30.7 Å². The standard InChI is InChI=1S/C16H23N5O2/c1-3-23-16(22)15-11(8-17-20-15)9-21(2)10-14-12-6-4-5-7-13(12)18-19-14/h8H,3-7,9-10H2,1-2H3,(H,17,20)(H,18,19). The molecule has 1 aliphatic rings. The second kappa shape index (κ2) is 6.95. The van der Waals surface area contributed by atoms with Crippen molar-refractivity contribution < 1.29 is 9.53 Å². The van der Waals surface area contributed by atoms with Crippen LogP contribution in [-0.4, -0.2) is 44.9 Å². The topological polar surface area (TPSA) is 86.9 Å². The van der Waals surface area contributed by atoms with E-state index in [2.05, 4.69) is 25.3 Å². The average molecular weight is 317 g/mol. The second-order valence-electron chi connectivity index (χ2n) is 6.00. The van der Waals surface area contributed by atoms with Gasteiger partial charge in [0.15, 0.2) is 0 Å². The molecule has 2 aromatic heterocycles. The van der Waals surface area contributed by atoms with E-state index in [9.17, 15) is 4.79 Å². The molecule has 0 radical (unpaired) electrons. The van der Waals surface area contributed by atoms with E-state index in [1.54, 1.807) is 13.1 Å². The molecule has 0 aliphatic heterocycles. The Morgan fingerprint density at radius 1 is 1.30 bits per heavy atom. The minimum atomic E-state index is -0.356. The van der Waals surface area contributed by atoms with Gasteiger partial charge in [0.05, 0.1) is 18.5 Å². The summed E-state index contributed by atoms with van der Waals surface area (Å²) in [7, 11) is 2.02. The fourth-order valence-electron chi connectivity index (χ4n) is 3.09. The summed E-state index contributed by atoms with van der Waals surface area (Å²) in [6, 6.07) is 0. The van der Waals surface area contributed by atoms with Gasteiger partial charge in [0, 0.05) is 24.3 Å². The minimum absolute atomic E-state index is 0.354. The summed E-state index contributed by atoms with van der Waals surface area (Å²) in [5.41, 5.74) is 5.05. The molecule has 2 N–H and O–H groups in total. The molecule has 2 aromatic rings. The minimum Gasteiger partial charge on any atom is -0.461 e. The fourth-order valence-corrected chi connectivity index (χ4v) is 3.09. The molecule has 124 valence electrons. The fraction of sp³-hybridized carbons (Fsp3) is 0.562. The lowest BCUT2D eigenvalue weighted by molar-refractivity contribution is 0.0517. The zero-order valence-corrected chi connectivity index (χ0v) is 13.7. The number of carbonyl (C=O) groups is 1. The zero-order valence-electron chi connectivity index (χ0n) is 13.7. The van der Waals surface area contributed by atoms with Gasteiger partial charge in [0.2, 0.25) is 0 Å². The number of aromatic amines is 2. The summed E-state index contributed by atoms with van der Waals surface area (Å²) in [5.74, 6) is -0.356. The third-order valence-electron chi connectivity index (χ3n) is 4.20. The van der Waals surface area contributed by atoms with Gasteiger partial charge in [-0.25, -0.2) is 4.79 Å². The number of aryl methyl sites for hydroxylation is 1. The third-order valence-corrected chi connectivity index (χ3v) is 4.20. The van der Waals surface area contributed by atoms with Crippen molar-refractivity contribution in [3.8, 4) is 0 Å². The van der Waals surface area contributed by atoms with E-state index < -0.39 is 0 Å². The molecule has 1 aliphatic carbocycles. The van der Waals surface area contributed by atoms with Gasteiger partial charge in [-0.3, -0.25) is 15.1 Å². The normalized spacial score (nSPS) is 14.0. The van der Waals surface area contributed by atoms with Crippen LogP contribution in [0.1, 0.15) is 52.8 Å². The van der Waals surface area contributed by atoms with Gasteiger partial charge in [0.25, 0.3) is 0 Å². The lowest BCUT2D eigenvalue weighted by atomic mass is 9.96. The van der Waals surface area contributed by atoms with Crippen LogP contribution < -0.4 is 0 Å². The van der Waals surface area contributed by atoms with Crippen molar-refractivity contribution in [2.45, 2.75) is 45.7 Å². The molecule has 2 heterocycles. The van der Waals surface area contributed by atoms with E-state index in [4.69, 9.17) is 4.74 Å². The molecule has 7 heteroatoms. The first-order valence-corrected chi connectivity index (χ1v) is 8.12. The number of nitrogens with zero attached hydrogens (tertiary/aromatic N) is 3. The molecule has 0 saturated carbocycles. The Labute approximate surface area is 135 Å². The van der Waals surface area contributed by atoms with Crippen LogP contribution in [0.15, 0.2) is 6.20 Å². The number of hydrogen-bond donors (Lipinski definition) is 2. The molecule has 0 bridgehead atoms. The van der Waals surface area contributed by atoms with Gasteiger partial charge < -0.3 is 4.74 Å². The van der Waals surface area contributed by atoms with Crippen LogP contribution >= 0.6 is 0 Å². The lowest BCUT2D eigenvalue weighted by Gasteiger charge is -2.17. The summed E-state index contributed by atoms with van der Waals surface area (Å²) < 4.78 is 5.04. The van der Waals surface area contributed by atoms with E-state index in [0.29, 0.717) is 18.8 Å². The lowest BCUT2D eigenvalue weighted by Crippen LogP contribution is -2.20. The van der Waals surface area contributed by atoms with Gasteiger partial charge in [-0.1, -0.05) is 0 Å². The molecular formula is C16H23N5O2. The Morgan fingerprint density at radius 3 is 2.96 bits per heavy atom. The molecule has 0 aromatic carbocycles. The van der Waals surface area contributed by atoms with Gasteiger partial charge in [-0.05, 0) is 45.2 Å². The van der Waals surface area contributed by atoms with E-state index in [-0.39, 0.29) is 5.97 Å². The number of esters is 1. The van der Waals surface area contributed by atoms with E-state index >= 15 is 0 Å². The number of hydrogen-bond acceptors (Lipinski definition) is 5. The van der Waals surface area contributed by atoms with Crippen LogP contribution in [0.5, 0.6) is 0 Å². The van der Waals surface area contributed by atoms with Crippen molar-refractivity contribution in [3.63, 3.8) is 0 Å². The largest absolute Gasteiger partial charge is 0.461 e. The number of ether oxygens (including phenoxy) is 1. The molecule has 0 unspecified atom stereocenters. The number of aromatic nitrogens is 4. The second-order valence-corrected chi connectivity index (χ2v) is 6.00. The molecule has 0 amide bonds. The van der Waals surface area contributed by atoms with Crippen LogP contribution in [0.4, 0.5) is 0 Å². The maximum absolute atomic E-state index is 11.9. The van der Waals surface area contributed by atoms with E-state index in [1.165, 1.54) is 24.1 Å². The Hall–Kier alpha value is -2.15. The van der Waals surface area contributed by atoms with E-state index in [0.717, 1.165) is 30.6 Å². The van der Waals surface area contributed by atoms with Gasteiger partial charge in [-0.2, -0.15) is 10.2 Å². The van der Waals surface area contributed by atoms with Gasteiger partial charge in [-0.15, -0.1) is 0 Å². The number of nitrogens with one attached hydrogen (secondary N) is 2. The molecule has 0 atom stereocenters. The summed E-state index contributed by atoms with van der Waals surface area (Å²) in [6.45, 7) is 3.51. The average Bonchev–Trinajstić information content (AvgIpc) is 3.15. The molecule has 3 rings (SSSR count). The maximum atomic E-state index is 11.9. The molecule has 0 spiro atoms. The SMILES string of the molecule is CCOC(=O)c1[nH]ncc1CN(C)Cc1n[nH]c2c1CCCC2. The first-order valence-electron chi connectivity index (χ1n) is 8.12. The van der Waals surface area contributed by atoms with Crippen molar-refractivity contribution >= 4 is 5.97 Å². The quantitative estimate of drug-likeness (QED) is 0.794. The molecule has 0 saturated heterocycles. The highest BCUT2D eigenvalue weighted by Crippen LogP contribution is 2.23. The number of carbonyl (C=O) groups excluding carboxylic acids is 1. The molecule has 7 nitrogen and oxygen atoms in total. The predicted octanol–water partition coefficient (Wildman–Crippen LogP) is 1.82. The highest BCUT2D eigenvalue weighted by Gasteiger charge is 2.20. The van der Waals surface area contributed by atoms with Crippen molar-refractivity contribution in [2.24, 2.45) is 0 Å². The first-order chi connectivity index (χ1) is 11.2. The van der Waals surface area contributed by atoms with Crippen molar-refractivity contribution in [2.75, 3.05) is 13.7 Å². The van der Waals surface area contributed by atoms with Gasteiger partial charge >= 0.3 is 5.97 Å². The van der Waals surface area contributed by atoms with Crippen molar-refractivity contribution in [3.05, 3.63) is 34.4 Å². The van der Waals surface area contributed by atoms with Crippen molar-refractivity contribution in [1.29, 1.82) is 0 Å².